The average Bonchev–Trinajstić information content (AvgIpc) is 3.01. The van der Waals surface area contributed by atoms with E-state index in [9.17, 15) is 19.5 Å². The highest BCUT2D eigenvalue weighted by molar-refractivity contribution is 5.80. The minimum absolute atomic E-state index is 0.0666. The van der Waals surface area contributed by atoms with Crippen molar-refractivity contribution in [1.29, 1.82) is 0 Å². The van der Waals surface area contributed by atoms with Crippen molar-refractivity contribution >= 4 is 5.91 Å². The van der Waals surface area contributed by atoms with Gasteiger partial charge in [-0.15, -0.1) is 0 Å². The SMILES string of the molecule is C[C@H](Oc1ccccc1)C(=O)NC[C@@H]1O[C@H](n2ccc(=O)[nH]c2=O)CC1O. The fourth-order valence-corrected chi connectivity index (χ4v) is 2.83. The Morgan fingerprint density at radius 2 is 2.11 bits per heavy atom. The molecule has 0 radical (unpaired) electrons. The van der Waals surface area contributed by atoms with Gasteiger partial charge in [0.2, 0.25) is 0 Å². The number of aliphatic hydroxyl groups excluding tert-OH is 1. The predicted molar refractivity (Wildman–Crippen MR) is 95.4 cm³/mol. The fraction of sp³-hybridized carbons (Fsp3) is 0.389. The first-order valence-corrected chi connectivity index (χ1v) is 8.58. The summed E-state index contributed by atoms with van der Waals surface area (Å²) in [6.07, 6.45) is -1.49. The molecule has 1 aliphatic rings. The summed E-state index contributed by atoms with van der Waals surface area (Å²) in [4.78, 5) is 37.3. The minimum Gasteiger partial charge on any atom is -0.481 e. The summed E-state index contributed by atoms with van der Waals surface area (Å²) in [6, 6.07) is 10.2. The van der Waals surface area contributed by atoms with Crippen molar-refractivity contribution in [3.05, 3.63) is 63.4 Å². The molecule has 2 heterocycles. The van der Waals surface area contributed by atoms with Gasteiger partial charge in [0.15, 0.2) is 6.10 Å². The largest absolute Gasteiger partial charge is 0.481 e. The van der Waals surface area contributed by atoms with Gasteiger partial charge in [-0.05, 0) is 19.1 Å². The lowest BCUT2D eigenvalue weighted by Gasteiger charge is -2.19. The van der Waals surface area contributed by atoms with Crippen LogP contribution in [0.2, 0.25) is 0 Å². The van der Waals surface area contributed by atoms with Crippen LogP contribution in [0.4, 0.5) is 0 Å². The van der Waals surface area contributed by atoms with E-state index in [0.717, 1.165) is 0 Å². The third-order valence-corrected chi connectivity index (χ3v) is 4.27. The minimum atomic E-state index is -0.862. The molecule has 1 aromatic carbocycles. The number of carbonyl (C=O) groups is 1. The summed E-state index contributed by atoms with van der Waals surface area (Å²) in [7, 11) is 0. The lowest BCUT2D eigenvalue weighted by Crippen LogP contribution is -2.42. The zero-order chi connectivity index (χ0) is 19.4. The Morgan fingerprint density at radius 3 is 2.81 bits per heavy atom. The lowest BCUT2D eigenvalue weighted by atomic mass is 10.2. The van der Waals surface area contributed by atoms with Gasteiger partial charge in [-0.1, -0.05) is 18.2 Å². The predicted octanol–water partition coefficient (Wildman–Crippen LogP) is -0.231. The van der Waals surface area contributed by atoms with E-state index in [2.05, 4.69) is 10.3 Å². The fourth-order valence-electron chi connectivity index (χ4n) is 2.83. The molecule has 1 saturated heterocycles. The number of ether oxygens (including phenoxy) is 2. The monoisotopic (exact) mass is 375 g/mol. The Hall–Kier alpha value is -2.91. The summed E-state index contributed by atoms with van der Waals surface area (Å²) in [5, 5.41) is 12.8. The van der Waals surface area contributed by atoms with Crippen molar-refractivity contribution in [3.8, 4) is 5.75 Å². The summed E-state index contributed by atoms with van der Waals surface area (Å²) in [6.45, 7) is 1.69. The van der Waals surface area contributed by atoms with Gasteiger partial charge in [0.1, 0.15) is 18.1 Å². The lowest BCUT2D eigenvalue weighted by molar-refractivity contribution is -0.128. The van der Waals surface area contributed by atoms with Crippen LogP contribution in [0.3, 0.4) is 0 Å². The molecule has 1 fully saturated rings. The van der Waals surface area contributed by atoms with Crippen LogP contribution in [-0.2, 0) is 9.53 Å². The van der Waals surface area contributed by atoms with E-state index in [-0.39, 0.29) is 18.9 Å². The molecular weight excluding hydrogens is 354 g/mol. The highest BCUT2D eigenvalue weighted by atomic mass is 16.5. The molecule has 1 amide bonds. The van der Waals surface area contributed by atoms with E-state index in [1.54, 1.807) is 19.1 Å². The third kappa shape index (κ3) is 4.63. The molecule has 3 rings (SSSR count). The molecule has 0 saturated carbocycles. The molecule has 144 valence electrons. The Kier molecular flexibility index (Phi) is 5.72. The second kappa shape index (κ2) is 8.19. The molecule has 3 N–H and O–H groups in total. The summed E-state index contributed by atoms with van der Waals surface area (Å²) in [5.41, 5.74) is -1.12. The van der Waals surface area contributed by atoms with Crippen molar-refractivity contribution in [1.82, 2.24) is 14.9 Å². The Balaban J connectivity index is 1.54. The molecule has 1 aliphatic heterocycles. The average molecular weight is 375 g/mol. The van der Waals surface area contributed by atoms with Gasteiger partial charge >= 0.3 is 5.69 Å². The molecule has 1 unspecified atom stereocenters. The highest BCUT2D eigenvalue weighted by Crippen LogP contribution is 2.27. The topological polar surface area (TPSA) is 123 Å². The number of nitrogens with one attached hydrogen (secondary N) is 2. The van der Waals surface area contributed by atoms with Gasteiger partial charge in [-0.3, -0.25) is 19.1 Å². The van der Waals surface area contributed by atoms with Gasteiger partial charge in [-0.25, -0.2) is 4.79 Å². The standard InChI is InChI=1S/C18H21N3O6/c1-11(26-12-5-3-2-4-6-12)17(24)19-10-14-13(22)9-16(27-14)21-8-7-15(23)20-18(21)25/h2-8,11,13-14,16,22H,9-10H2,1H3,(H,19,24)(H,20,23,25)/t11-,13?,14-,16-/m0/s1. The van der Waals surface area contributed by atoms with E-state index in [1.807, 2.05) is 18.2 Å². The maximum atomic E-state index is 12.2. The molecule has 0 aliphatic carbocycles. The normalized spacial score (nSPS) is 23.0. The van der Waals surface area contributed by atoms with E-state index in [1.165, 1.54) is 16.8 Å². The van der Waals surface area contributed by atoms with Crippen molar-refractivity contribution in [3.63, 3.8) is 0 Å². The van der Waals surface area contributed by atoms with Crippen molar-refractivity contribution in [2.24, 2.45) is 0 Å². The number of para-hydroxylation sites is 1. The van der Waals surface area contributed by atoms with Crippen LogP contribution in [0.15, 0.2) is 52.2 Å². The number of amides is 1. The number of aromatic nitrogens is 2. The van der Waals surface area contributed by atoms with Crippen LogP contribution in [0.25, 0.3) is 0 Å². The molecule has 4 atom stereocenters. The number of hydrogen-bond acceptors (Lipinski definition) is 6. The van der Waals surface area contributed by atoms with Gasteiger partial charge in [-0.2, -0.15) is 0 Å². The molecule has 0 spiro atoms. The Morgan fingerprint density at radius 1 is 1.37 bits per heavy atom. The quantitative estimate of drug-likeness (QED) is 0.641. The summed E-state index contributed by atoms with van der Waals surface area (Å²) >= 11 is 0. The highest BCUT2D eigenvalue weighted by Gasteiger charge is 2.35. The van der Waals surface area contributed by atoms with Crippen LogP contribution in [0, 0.1) is 0 Å². The molecule has 2 aromatic rings. The zero-order valence-corrected chi connectivity index (χ0v) is 14.7. The van der Waals surface area contributed by atoms with E-state index < -0.39 is 35.8 Å². The first-order valence-electron chi connectivity index (χ1n) is 8.58. The molecule has 27 heavy (non-hydrogen) atoms. The van der Waals surface area contributed by atoms with Crippen LogP contribution >= 0.6 is 0 Å². The van der Waals surface area contributed by atoms with Gasteiger partial charge in [0.25, 0.3) is 11.5 Å². The van der Waals surface area contributed by atoms with Crippen molar-refractivity contribution < 1.29 is 19.4 Å². The molecule has 9 nitrogen and oxygen atoms in total. The number of rotatable bonds is 6. The van der Waals surface area contributed by atoms with Crippen LogP contribution in [-0.4, -0.2) is 45.4 Å². The van der Waals surface area contributed by atoms with E-state index in [4.69, 9.17) is 9.47 Å². The second-order valence-electron chi connectivity index (χ2n) is 6.27. The third-order valence-electron chi connectivity index (χ3n) is 4.27. The Bertz CT molecular complexity index is 894. The van der Waals surface area contributed by atoms with Crippen LogP contribution in [0.1, 0.15) is 19.6 Å². The maximum Gasteiger partial charge on any atom is 0.330 e. The number of hydrogen-bond donors (Lipinski definition) is 3. The number of H-pyrrole nitrogens is 1. The zero-order valence-electron chi connectivity index (χ0n) is 14.7. The molecule has 9 heteroatoms. The molecule has 1 aromatic heterocycles. The summed E-state index contributed by atoms with van der Waals surface area (Å²) in [5.74, 6) is 0.231. The van der Waals surface area contributed by atoms with Crippen molar-refractivity contribution in [2.45, 2.75) is 37.9 Å². The van der Waals surface area contributed by atoms with E-state index >= 15 is 0 Å². The smallest absolute Gasteiger partial charge is 0.330 e. The first kappa shape index (κ1) is 18.9. The second-order valence-corrected chi connectivity index (χ2v) is 6.27. The molecule has 0 bridgehead atoms. The number of aromatic amines is 1. The Labute approximate surface area is 154 Å². The van der Waals surface area contributed by atoms with E-state index in [0.29, 0.717) is 5.75 Å². The maximum absolute atomic E-state index is 12.2. The van der Waals surface area contributed by atoms with Gasteiger partial charge in [0.05, 0.1) is 6.10 Å². The summed E-state index contributed by atoms with van der Waals surface area (Å²) < 4.78 is 12.4. The number of benzene rings is 1. The van der Waals surface area contributed by atoms with Crippen LogP contribution < -0.4 is 21.3 Å². The number of nitrogens with zero attached hydrogens (tertiary/aromatic N) is 1. The first-order chi connectivity index (χ1) is 12.9. The number of carbonyl (C=O) groups excluding carboxylic acids is 1. The van der Waals surface area contributed by atoms with Crippen LogP contribution in [0.5, 0.6) is 5.75 Å². The van der Waals surface area contributed by atoms with Gasteiger partial charge in [0, 0.05) is 25.2 Å². The van der Waals surface area contributed by atoms with Gasteiger partial charge < -0.3 is 19.9 Å². The molecular formula is C18H21N3O6. The number of aliphatic hydroxyl groups is 1. The van der Waals surface area contributed by atoms with Crippen molar-refractivity contribution in [2.75, 3.05) is 6.54 Å².